The van der Waals surface area contributed by atoms with Gasteiger partial charge < -0.3 is 20.3 Å². The molecule has 0 saturated carbocycles. The molecule has 0 spiro atoms. The van der Waals surface area contributed by atoms with Gasteiger partial charge in [-0.3, -0.25) is 0 Å². The molecule has 3 aromatic rings. The van der Waals surface area contributed by atoms with Gasteiger partial charge in [0.25, 0.3) is 0 Å². The lowest BCUT2D eigenvalue weighted by atomic mass is 10.1. The summed E-state index contributed by atoms with van der Waals surface area (Å²) < 4.78 is 31.0. The predicted octanol–water partition coefficient (Wildman–Crippen LogP) is 4.31. The van der Waals surface area contributed by atoms with Gasteiger partial charge in [-0.05, 0) is 73.9 Å². The summed E-state index contributed by atoms with van der Waals surface area (Å²) in [7, 11) is -3.91. The third-order valence-electron chi connectivity index (χ3n) is 5.44. The van der Waals surface area contributed by atoms with E-state index in [0.717, 1.165) is 17.2 Å². The highest BCUT2D eigenvalue weighted by molar-refractivity contribution is 7.91. The number of aliphatic hydroxyl groups is 1. The van der Waals surface area contributed by atoms with Gasteiger partial charge in [0.05, 0.1) is 22.5 Å². The average Bonchev–Trinajstić information content (AvgIpc) is 2.83. The van der Waals surface area contributed by atoms with Gasteiger partial charge in [-0.15, -0.1) is 0 Å². The number of nitrogens with one attached hydrogen (secondary N) is 1. The van der Waals surface area contributed by atoms with Crippen molar-refractivity contribution in [2.45, 2.75) is 42.2 Å². The molecule has 3 N–H and O–H groups in total. The van der Waals surface area contributed by atoms with Crippen molar-refractivity contribution in [1.82, 2.24) is 5.32 Å². The minimum absolute atomic E-state index is 0.0236. The minimum Gasteiger partial charge on any atom is -0.507 e. The molecule has 0 fully saturated rings. The lowest BCUT2D eigenvalue weighted by Gasteiger charge is -2.18. The molecule has 0 radical (unpaired) electrons. The van der Waals surface area contributed by atoms with E-state index >= 15 is 0 Å². The molecule has 9 heteroatoms. The molecule has 7 nitrogen and oxygen atoms in total. The third-order valence-corrected chi connectivity index (χ3v) is 7.44. The standard InChI is InChI=1S/C26H28ClNO6S/c1-3-34-26(31)23-15-22(11-12-24(23)29)35(32,33)21-9-7-18(8-10-21)13-17(2)28-16-25(30)19-5-4-6-20(27)14-19/h4-12,14-15,17,25,28-30H,3,13,16H2,1-2H3/t17-,25-/m1/s1. The van der Waals surface area contributed by atoms with Crippen molar-refractivity contribution in [3.05, 3.63) is 88.4 Å². The van der Waals surface area contributed by atoms with Crippen LogP contribution in [-0.4, -0.2) is 43.8 Å². The van der Waals surface area contributed by atoms with Crippen LogP contribution in [0.1, 0.15) is 41.4 Å². The molecule has 0 bridgehead atoms. The lowest BCUT2D eigenvalue weighted by molar-refractivity contribution is 0.0522. The van der Waals surface area contributed by atoms with Crippen LogP contribution in [-0.2, 0) is 21.0 Å². The smallest absolute Gasteiger partial charge is 0.341 e. The van der Waals surface area contributed by atoms with E-state index in [0.29, 0.717) is 18.0 Å². The molecular weight excluding hydrogens is 490 g/mol. The number of rotatable bonds is 10. The highest BCUT2D eigenvalue weighted by atomic mass is 35.5. The van der Waals surface area contributed by atoms with Crippen molar-refractivity contribution < 1.29 is 28.2 Å². The molecule has 186 valence electrons. The number of carbonyl (C=O) groups excluding carboxylic acids is 1. The number of hydrogen-bond donors (Lipinski definition) is 3. The van der Waals surface area contributed by atoms with Crippen LogP contribution in [0, 0.1) is 0 Å². The Kier molecular flexibility index (Phi) is 8.91. The van der Waals surface area contributed by atoms with Crippen molar-refractivity contribution in [3.8, 4) is 5.75 Å². The molecule has 0 aliphatic carbocycles. The fraction of sp³-hybridized carbons (Fsp3) is 0.269. The van der Waals surface area contributed by atoms with E-state index in [1.54, 1.807) is 37.3 Å². The zero-order chi connectivity index (χ0) is 25.6. The first-order valence-corrected chi connectivity index (χ1v) is 13.0. The highest BCUT2D eigenvalue weighted by Crippen LogP contribution is 2.27. The highest BCUT2D eigenvalue weighted by Gasteiger charge is 2.22. The van der Waals surface area contributed by atoms with Crippen molar-refractivity contribution in [2.75, 3.05) is 13.2 Å². The number of hydrogen-bond acceptors (Lipinski definition) is 7. The molecule has 3 aromatic carbocycles. The predicted molar refractivity (Wildman–Crippen MR) is 134 cm³/mol. The summed E-state index contributed by atoms with van der Waals surface area (Å²) in [5.41, 5.74) is 1.44. The number of ether oxygens (including phenoxy) is 1. The Morgan fingerprint density at radius 2 is 1.74 bits per heavy atom. The number of carbonyl (C=O) groups is 1. The molecule has 0 aliphatic heterocycles. The van der Waals surface area contributed by atoms with E-state index in [9.17, 15) is 23.4 Å². The van der Waals surface area contributed by atoms with Gasteiger partial charge in [-0.2, -0.15) is 0 Å². The first-order chi connectivity index (χ1) is 16.6. The molecule has 35 heavy (non-hydrogen) atoms. The van der Waals surface area contributed by atoms with Crippen LogP contribution in [0.15, 0.2) is 76.5 Å². The minimum atomic E-state index is -3.91. The molecule has 0 unspecified atom stereocenters. The number of phenolic OH excluding ortho intramolecular Hbond substituents is 1. The monoisotopic (exact) mass is 517 g/mol. The second-order valence-corrected chi connectivity index (χ2v) is 10.5. The Hall–Kier alpha value is -2.91. The summed E-state index contributed by atoms with van der Waals surface area (Å²) in [5, 5.41) is 24.1. The van der Waals surface area contributed by atoms with E-state index in [1.807, 2.05) is 13.0 Å². The number of halogens is 1. The quantitative estimate of drug-likeness (QED) is 0.343. The zero-order valence-electron chi connectivity index (χ0n) is 19.4. The number of esters is 1. The van der Waals surface area contributed by atoms with E-state index in [4.69, 9.17) is 16.3 Å². The molecule has 0 heterocycles. The van der Waals surface area contributed by atoms with Crippen LogP contribution in [0.5, 0.6) is 5.75 Å². The number of phenols is 1. The first-order valence-electron chi connectivity index (χ1n) is 11.1. The van der Waals surface area contributed by atoms with E-state index in [1.165, 1.54) is 24.3 Å². The number of aromatic hydroxyl groups is 1. The van der Waals surface area contributed by atoms with Crippen molar-refractivity contribution >= 4 is 27.4 Å². The molecule has 3 rings (SSSR count). The van der Waals surface area contributed by atoms with Crippen LogP contribution in [0.2, 0.25) is 5.02 Å². The Bertz CT molecular complexity index is 1280. The van der Waals surface area contributed by atoms with Crippen LogP contribution < -0.4 is 5.32 Å². The molecule has 0 aromatic heterocycles. The Morgan fingerprint density at radius 3 is 2.40 bits per heavy atom. The fourth-order valence-corrected chi connectivity index (χ4v) is 5.05. The largest absolute Gasteiger partial charge is 0.507 e. The van der Waals surface area contributed by atoms with Crippen LogP contribution >= 0.6 is 11.6 Å². The summed E-state index contributed by atoms with van der Waals surface area (Å²) in [5.74, 6) is -1.14. The van der Waals surface area contributed by atoms with E-state index < -0.39 is 21.9 Å². The summed E-state index contributed by atoms with van der Waals surface area (Å²) in [4.78, 5) is 12.0. The van der Waals surface area contributed by atoms with E-state index in [2.05, 4.69) is 5.32 Å². The van der Waals surface area contributed by atoms with Gasteiger partial charge in [0.1, 0.15) is 11.3 Å². The maximum absolute atomic E-state index is 13.1. The van der Waals surface area contributed by atoms with Crippen LogP contribution in [0.25, 0.3) is 0 Å². The molecule has 2 atom stereocenters. The van der Waals surface area contributed by atoms with Gasteiger partial charge in [0, 0.05) is 17.6 Å². The fourth-order valence-electron chi connectivity index (χ4n) is 3.57. The Labute approximate surface area is 210 Å². The van der Waals surface area contributed by atoms with Gasteiger partial charge in [0.15, 0.2) is 0 Å². The molecular formula is C26H28ClNO6S. The Morgan fingerprint density at radius 1 is 1.06 bits per heavy atom. The first kappa shape index (κ1) is 26.7. The van der Waals surface area contributed by atoms with Gasteiger partial charge in [0.2, 0.25) is 9.84 Å². The number of benzene rings is 3. The van der Waals surface area contributed by atoms with Crippen molar-refractivity contribution in [3.63, 3.8) is 0 Å². The van der Waals surface area contributed by atoms with Gasteiger partial charge in [-0.1, -0.05) is 35.9 Å². The number of sulfone groups is 1. The number of aliphatic hydroxyl groups excluding tert-OH is 1. The maximum atomic E-state index is 13.1. The second-order valence-electron chi connectivity index (χ2n) is 8.13. The summed E-state index contributed by atoms with van der Waals surface area (Å²) in [6.45, 7) is 4.04. The van der Waals surface area contributed by atoms with Crippen molar-refractivity contribution in [2.24, 2.45) is 0 Å². The normalized spacial score (nSPS) is 13.3. The van der Waals surface area contributed by atoms with Crippen LogP contribution in [0.4, 0.5) is 0 Å². The summed E-state index contributed by atoms with van der Waals surface area (Å²) in [6, 6.07) is 17.1. The zero-order valence-corrected chi connectivity index (χ0v) is 21.0. The second kappa shape index (κ2) is 11.7. The molecule has 0 amide bonds. The average molecular weight is 518 g/mol. The lowest BCUT2D eigenvalue weighted by Crippen LogP contribution is -2.32. The third kappa shape index (κ3) is 6.82. The Balaban J connectivity index is 1.66. The molecule has 0 saturated heterocycles. The SMILES string of the molecule is CCOC(=O)c1cc(S(=O)(=O)c2ccc(C[C@@H](C)NC[C@@H](O)c3cccc(Cl)c3)cc2)ccc1O. The maximum Gasteiger partial charge on any atom is 0.341 e. The van der Waals surface area contributed by atoms with Crippen LogP contribution in [0.3, 0.4) is 0 Å². The summed E-state index contributed by atoms with van der Waals surface area (Å²) >= 11 is 5.98. The van der Waals surface area contributed by atoms with E-state index in [-0.39, 0.29) is 33.8 Å². The van der Waals surface area contributed by atoms with Crippen molar-refractivity contribution in [1.29, 1.82) is 0 Å². The van der Waals surface area contributed by atoms with Gasteiger partial charge >= 0.3 is 5.97 Å². The van der Waals surface area contributed by atoms with Gasteiger partial charge in [-0.25, -0.2) is 13.2 Å². The summed E-state index contributed by atoms with van der Waals surface area (Å²) in [6.07, 6.45) is -0.0806. The topological polar surface area (TPSA) is 113 Å². The molecule has 0 aliphatic rings.